The highest BCUT2D eigenvalue weighted by Gasteiger charge is 2.08. The Labute approximate surface area is 170 Å². The molecule has 4 nitrogen and oxygen atoms in total. The first-order chi connectivity index (χ1) is 14.2. The second-order valence-electron chi connectivity index (χ2n) is 6.97. The number of phenols is 1. The summed E-state index contributed by atoms with van der Waals surface area (Å²) < 4.78 is 2.07. The molecule has 4 heteroatoms. The van der Waals surface area contributed by atoms with Gasteiger partial charge in [-0.15, -0.1) is 0 Å². The second-order valence-corrected chi connectivity index (χ2v) is 6.97. The Morgan fingerprint density at radius 3 is 2.38 bits per heavy atom. The van der Waals surface area contributed by atoms with E-state index in [0.717, 1.165) is 39.1 Å². The van der Waals surface area contributed by atoms with Crippen molar-refractivity contribution in [2.24, 2.45) is 0 Å². The monoisotopic (exact) mass is 383 g/mol. The lowest BCUT2D eigenvalue weighted by Gasteiger charge is -2.04. The Morgan fingerprint density at radius 1 is 0.931 bits per heavy atom. The number of nitrogens with one attached hydrogen (secondary N) is 2. The van der Waals surface area contributed by atoms with E-state index < -0.39 is 0 Å². The van der Waals surface area contributed by atoms with Crippen molar-refractivity contribution in [3.63, 3.8) is 0 Å². The molecule has 0 amide bonds. The van der Waals surface area contributed by atoms with Crippen molar-refractivity contribution in [1.29, 1.82) is 0 Å². The minimum atomic E-state index is 0.264. The van der Waals surface area contributed by atoms with E-state index in [9.17, 15) is 5.11 Å². The molecule has 4 aromatic rings. The number of fused-ring (bicyclic) bond motifs is 1. The Kier molecular flexibility index (Phi) is 5.25. The van der Waals surface area contributed by atoms with Gasteiger partial charge >= 0.3 is 0 Å². The number of hydrogen-bond acceptors (Lipinski definition) is 3. The highest BCUT2D eigenvalue weighted by molar-refractivity contribution is 5.85. The highest BCUT2D eigenvalue weighted by Crippen LogP contribution is 2.17. The Hall–Kier alpha value is -3.66. The molecule has 146 valence electrons. The molecule has 1 heterocycles. The number of anilines is 1. The minimum absolute atomic E-state index is 0.264. The van der Waals surface area contributed by atoms with Crippen LogP contribution < -0.4 is 21.3 Å². The van der Waals surface area contributed by atoms with Gasteiger partial charge in [0.1, 0.15) is 5.75 Å². The second kappa shape index (κ2) is 8.15. The van der Waals surface area contributed by atoms with Gasteiger partial charge in [-0.3, -0.25) is 4.68 Å². The maximum absolute atomic E-state index is 10.1. The molecule has 0 aliphatic heterocycles. The van der Waals surface area contributed by atoms with Gasteiger partial charge < -0.3 is 15.8 Å². The van der Waals surface area contributed by atoms with Gasteiger partial charge in [-0.2, -0.15) is 0 Å². The van der Waals surface area contributed by atoms with Crippen LogP contribution in [0.25, 0.3) is 23.1 Å². The summed E-state index contributed by atoms with van der Waals surface area (Å²) >= 11 is 0. The normalized spacial score (nSPS) is 12.5. The number of benzene rings is 3. The summed E-state index contributed by atoms with van der Waals surface area (Å²) in [5, 5.41) is 16.4. The van der Waals surface area contributed by atoms with E-state index in [1.165, 1.54) is 5.56 Å². The van der Waals surface area contributed by atoms with Gasteiger partial charge in [-0.05, 0) is 54.0 Å². The highest BCUT2D eigenvalue weighted by atomic mass is 16.3. The van der Waals surface area contributed by atoms with Crippen molar-refractivity contribution in [2.75, 3.05) is 24.8 Å². The summed E-state index contributed by atoms with van der Waals surface area (Å²) in [6.45, 7) is 0. The Bertz CT molecular complexity index is 1240. The molecule has 0 atom stereocenters. The topological polar surface area (TPSA) is 49.2 Å². The van der Waals surface area contributed by atoms with Crippen molar-refractivity contribution in [3.8, 4) is 5.75 Å². The van der Waals surface area contributed by atoms with Gasteiger partial charge in [-0.25, -0.2) is 0 Å². The minimum Gasteiger partial charge on any atom is -0.508 e. The van der Waals surface area contributed by atoms with E-state index in [0.29, 0.717) is 0 Å². The predicted octanol–water partition coefficient (Wildman–Crippen LogP) is 3.41. The fourth-order valence-electron chi connectivity index (χ4n) is 3.66. The first kappa shape index (κ1) is 18.7. The van der Waals surface area contributed by atoms with Crippen molar-refractivity contribution in [2.45, 2.75) is 6.42 Å². The lowest BCUT2D eigenvalue weighted by atomic mass is 10.1. The molecule has 0 unspecified atom stereocenters. The maximum atomic E-state index is 10.1. The number of aromatic hydroxyl groups is 1. The first-order valence-corrected chi connectivity index (χ1v) is 9.74. The number of phenolic OH excluding ortho intramolecular Hbond substituents is 1. The fourth-order valence-corrected chi connectivity index (χ4v) is 3.66. The van der Waals surface area contributed by atoms with E-state index in [1.807, 2.05) is 32.3 Å². The average Bonchev–Trinajstić information content (AvgIpc) is 3.05. The van der Waals surface area contributed by atoms with E-state index in [2.05, 4.69) is 76.1 Å². The van der Waals surface area contributed by atoms with E-state index in [1.54, 1.807) is 6.07 Å². The number of rotatable bonds is 5. The van der Waals surface area contributed by atoms with Gasteiger partial charge in [0.15, 0.2) is 0 Å². The standard InChI is InChI=1S/C25H25N3O/c1-26-20-11-8-19(9-12-20)16-22-23-17-21(29)13-15-25(23)28(27-2)24(22)14-10-18-6-4-3-5-7-18/h3-9,11-17,26-27,29H,10H2,1-2H3/b22-16-,24-14-. The molecule has 0 saturated heterocycles. The molecule has 0 saturated carbocycles. The average molecular weight is 383 g/mol. The molecule has 0 bridgehead atoms. The van der Waals surface area contributed by atoms with Crippen molar-refractivity contribution < 1.29 is 5.11 Å². The number of hydrogen-bond donors (Lipinski definition) is 3. The van der Waals surface area contributed by atoms with Crippen LogP contribution in [0.15, 0.2) is 72.8 Å². The molecule has 4 rings (SSSR count). The lowest BCUT2D eigenvalue weighted by molar-refractivity contribution is 0.476. The summed E-state index contributed by atoms with van der Waals surface area (Å²) in [5.74, 6) is 0.264. The fraction of sp³-hybridized carbons (Fsp3) is 0.120. The summed E-state index contributed by atoms with van der Waals surface area (Å²) in [5.41, 5.74) is 7.77. The number of nitrogens with zero attached hydrogens (tertiary/aromatic N) is 1. The van der Waals surface area contributed by atoms with Gasteiger partial charge in [0.25, 0.3) is 0 Å². The molecule has 3 N–H and O–H groups in total. The summed E-state index contributed by atoms with van der Waals surface area (Å²) in [6.07, 6.45) is 5.23. The first-order valence-electron chi connectivity index (χ1n) is 9.74. The SMILES string of the molecule is CNc1ccc(/C=c2\c(=C\Cc3ccccc3)n(NC)c3ccc(O)cc23)cc1. The van der Waals surface area contributed by atoms with Crippen molar-refractivity contribution in [1.82, 2.24) is 4.68 Å². The zero-order valence-electron chi connectivity index (χ0n) is 16.7. The smallest absolute Gasteiger partial charge is 0.116 e. The third-order valence-electron chi connectivity index (χ3n) is 5.14. The molecule has 3 aromatic carbocycles. The van der Waals surface area contributed by atoms with Crippen LogP contribution in [-0.4, -0.2) is 23.9 Å². The van der Waals surface area contributed by atoms with Crippen LogP contribution in [0.3, 0.4) is 0 Å². The molecule has 0 aliphatic rings. The quantitative estimate of drug-likeness (QED) is 0.495. The summed E-state index contributed by atoms with van der Waals surface area (Å²) in [6, 6.07) is 24.2. The third kappa shape index (κ3) is 3.83. The van der Waals surface area contributed by atoms with Crippen molar-refractivity contribution >= 4 is 28.7 Å². The van der Waals surface area contributed by atoms with Crippen molar-refractivity contribution in [3.05, 3.63) is 94.5 Å². The third-order valence-corrected chi connectivity index (χ3v) is 5.14. The largest absolute Gasteiger partial charge is 0.508 e. The maximum Gasteiger partial charge on any atom is 0.116 e. The van der Waals surface area contributed by atoms with Crippen LogP contribution in [0.5, 0.6) is 5.75 Å². The molecular weight excluding hydrogens is 358 g/mol. The molecule has 0 spiro atoms. The van der Waals surface area contributed by atoms with Crippen LogP contribution in [0, 0.1) is 0 Å². The van der Waals surface area contributed by atoms with Gasteiger partial charge in [0.2, 0.25) is 0 Å². The summed E-state index contributed by atoms with van der Waals surface area (Å²) in [4.78, 5) is 0. The van der Waals surface area contributed by atoms with Crippen LogP contribution in [0.4, 0.5) is 5.69 Å². The van der Waals surface area contributed by atoms with Gasteiger partial charge in [-0.1, -0.05) is 48.5 Å². The number of aromatic nitrogens is 1. The molecule has 0 aliphatic carbocycles. The van der Waals surface area contributed by atoms with Gasteiger partial charge in [0, 0.05) is 30.4 Å². The Morgan fingerprint density at radius 2 is 1.69 bits per heavy atom. The van der Waals surface area contributed by atoms with E-state index in [4.69, 9.17) is 0 Å². The molecule has 0 fully saturated rings. The molecule has 1 aromatic heterocycles. The zero-order chi connectivity index (χ0) is 20.2. The zero-order valence-corrected chi connectivity index (χ0v) is 16.7. The van der Waals surface area contributed by atoms with Crippen LogP contribution in [0.1, 0.15) is 11.1 Å². The van der Waals surface area contributed by atoms with E-state index >= 15 is 0 Å². The lowest BCUT2D eigenvalue weighted by Crippen LogP contribution is -2.33. The molecular formula is C25H25N3O. The predicted molar refractivity (Wildman–Crippen MR) is 122 cm³/mol. The van der Waals surface area contributed by atoms with Crippen LogP contribution in [-0.2, 0) is 6.42 Å². The van der Waals surface area contributed by atoms with E-state index in [-0.39, 0.29) is 5.75 Å². The molecule has 0 radical (unpaired) electrons. The Balaban J connectivity index is 1.97. The van der Waals surface area contributed by atoms with Crippen LogP contribution >= 0.6 is 0 Å². The molecule has 29 heavy (non-hydrogen) atoms. The van der Waals surface area contributed by atoms with Crippen LogP contribution in [0.2, 0.25) is 0 Å². The summed E-state index contributed by atoms with van der Waals surface area (Å²) in [7, 11) is 3.83. The van der Waals surface area contributed by atoms with Gasteiger partial charge in [0.05, 0.1) is 10.9 Å².